The van der Waals surface area contributed by atoms with Crippen LogP contribution in [0.5, 0.6) is 0 Å². The molecule has 0 N–H and O–H groups in total. The zero-order chi connectivity index (χ0) is 10.7. The topological polar surface area (TPSA) is 20.3 Å². The van der Waals surface area contributed by atoms with Crippen molar-refractivity contribution in [2.24, 2.45) is 5.92 Å². The minimum atomic E-state index is 0.796. The number of carbonyl (C=O) groups excluding carboxylic acids is 1. The summed E-state index contributed by atoms with van der Waals surface area (Å²) in [6.45, 7) is 4.42. The number of carbonyl (C=O) groups is 1. The number of hydrogen-bond acceptors (Lipinski definition) is 2. The SMILES string of the molecule is CCC1CCN(c2ccccc2C=O)C1. The molecule has 80 valence electrons. The number of hydrogen-bond donors (Lipinski definition) is 0. The normalized spacial score (nSPS) is 20.6. The van der Waals surface area contributed by atoms with E-state index in [4.69, 9.17) is 0 Å². The molecule has 1 aliphatic rings. The Labute approximate surface area is 90.9 Å². The number of para-hydroxylation sites is 1. The van der Waals surface area contributed by atoms with Crippen LogP contribution in [0.1, 0.15) is 30.1 Å². The standard InChI is InChI=1S/C13H17NO/c1-2-11-7-8-14(9-11)13-6-4-3-5-12(13)10-15/h3-6,10-11H,2,7-9H2,1H3. The van der Waals surface area contributed by atoms with Crippen LogP contribution in [-0.2, 0) is 0 Å². The second-order valence-corrected chi connectivity index (χ2v) is 4.19. The van der Waals surface area contributed by atoms with E-state index in [1.807, 2.05) is 24.3 Å². The molecule has 15 heavy (non-hydrogen) atoms. The van der Waals surface area contributed by atoms with Crippen molar-refractivity contribution in [3.05, 3.63) is 29.8 Å². The van der Waals surface area contributed by atoms with Crippen LogP contribution >= 0.6 is 0 Å². The fraction of sp³-hybridized carbons (Fsp3) is 0.462. The van der Waals surface area contributed by atoms with Crippen molar-refractivity contribution in [3.63, 3.8) is 0 Å². The smallest absolute Gasteiger partial charge is 0.152 e. The lowest BCUT2D eigenvalue weighted by Gasteiger charge is -2.20. The Morgan fingerprint density at radius 1 is 1.47 bits per heavy atom. The highest BCUT2D eigenvalue weighted by atomic mass is 16.1. The minimum Gasteiger partial charge on any atom is -0.371 e. The van der Waals surface area contributed by atoms with Crippen LogP contribution in [0.4, 0.5) is 5.69 Å². The van der Waals surface area contributed by atoms with E-state index in [9.17, 15) is 4.79 Å². The van der Waals surface area contributed by atoms with Crippen LogP contribution in [0.3, 0.4) is 0 Å². The third-order valence-electron chi connectivity index (χ3n) is 3.27. The van der Waals surface area contributed by atoms with Crippen LogP contribution in [0, 0.1) is 5.92 Å². The first-order chi connectivity index (χ1) is 7.35. The van der Waals surface area contributed by atoms with Crippen molar-refractivity contribution in [2.45, 2.75) is 19.8 Å². The van der Waals surface area contributed by atoms with E-state index in [2.05, 4.69) is 11.8 Å². The number of aldehydes is 1. The van der Waals surface area contributed by atoms with E-state index in [0.29, 0.717) is 0 Å². The molecule has 0 spiro atoms. The maximum absolute atomic E-state index is 10.9. The second-order valence-electron chi connectivity index (χ2n) is 4.19. The summed E-state index contributed by atoms with van der Waals surface area (Å²) >= 11 is 0. The van der Waals surface area contributed by atoms with Gasteiger partial charge >= 0.3 is 0 Å². The van der Waals surface area contributed by atoms with E-state index in [0.717, 1.165) is 36.5 Å². The summed E-state index contributed by atoms with van der Waals surface area (Å²) in [7, 11) is 0. The van der Waals surface area contributed by atoms with E-state index >= 15 is 0 Å². The van der Waals surface area contributed by atoms with Gasteiger partial charge in [-0.05, 0) is 24.5 Å². The van der Waals surface area contributed by atoms with Crippen molar-refractivity contribution >= 4 is 12.0 Å². The minimum absolute atomic E-state index is 0.796. The maximum Gasteiger partial charge on any atom is 0.152 e. The Kier molecular flexibility index (Phi) is 3.05. The lowest BCUT2D eigenvalue weighted by atomic mass is 10.1. The van der Waals surface area contributed by atoms with Crippen LogP contribution in [0.25, 0.3) is 0 Å². The van der Waals surface area contributed by atoms with E-state index < -0.39 is 0 Å². The summed E-state index contributed by atoms with van der Waals surface area (Å²) < 4.78 is 0. The summed E-state index contributed by atoms with van der Waals surface area (Å²) in [6.07, 6.45) is 3.44. The Hall–Kier alpha value is -1.31. The second kappa shape index (κ2) is 4.47. The molecule has 1 heterocycles. The molecule has 2 nitrogen and oxygen atoms in total. The zero-order valence-corrected chi connectivity index (χ0v) is 9.15. The van der Waals surface area contributed by atoms with Crippen LogP contribution < -0.4 is 4.90 Å². The Bertz CT molecular complexity index is 348. The van der Waals surface area contributed by atoms with Crippen molar-refractivity contribution in [1.82, 2.24) is 0 Å². The first-order valence-corrected chi connectivity index (χ1v) is 5.64. The monoisotopic (exact) mass is 203 g/mol. The average molecular weight is 203 g/mol. The summed E-state index contributed by atoms with van der Waals surface area (Å²) in [5, 5.41) is 0. The van der Waals surface area contributed by atoms with Gasteiger partial charge in [-0.2, -0.15) is 0 Å². The Balaban J connectivity index is 2.19. The largest absolute Gasteiger partial charge is 0.371 e. The number of benzene rings is 1. The van der Waals surface area contributed by atoms with Crippen LogP contribution in [-0.4, -0.2) is 19.4 Å². The molecule has 1 saturated heterocycles. The number of nitrogens with zero attached hydrogens (tertiary/aromatic N) is 1. The number of anilines is 1. The maximum atomic E-state index is 10.9. The van der Waals surface area contributed by atoms with Crippen molar-refractivity contribution in [3.8, 4) is 0 Å². The molecular weight excluding hydrogens is 186 g/mol. The van der Waals surface area contributed by atoms with Gasteiger partial charge in [0.15, 0.2) is 6.29 Å². The van der Waals surface area contributed by atoms with Crippen molar-refractivity contribution < 1.29 is 4.79 Å². The molecule has 1 aromatic rings. The molecule has 2 heteroatoms. The zero-order valence-electron chi connectivity index (χ0n) is 9.15. The highest BCUT2D eigenvalue weighted by Crippen LogP contribution is 2.27. The lowest BCUT2D eigenvalue weighted by Crippen LogP contribution is -2.20. The third-order valence-corrected chi connectivity index (χ3v) is 3.27. The Morgan fingerprint density at radius 2 is 2.27 bits per heavy atom. The quantitative estimate of drug-likeness (QED) is 0.704. The molecule has 1 atom stereocenters. The summed E-state index contributed by atoms with van der Waals surface area (Å²) in [6, 6.07) is 7.85. The predicted octanol–water partition coefficient (Wildman–Crippen LogP) is 2.74. The highest BCUT2D eigenvalue weighted by molar-refractivity contribution is 5.84. The molecule has 1 unspecified atom stereocenters. The molecule has 1 fully saturated rings. The third kappa shape index (κ3) is 2.04. The van der Waals surface area contributed by atoms with Gasteiger partial charge in [0.1, 0.15) is 0 Å². The number of rotatable bonds is 3. The van der Waals surface area contributed by atoms with Gasteiger partial charge in [-0.25, -0.2) is 0 Å². The van der Waals surface area contributed by atoms with Crippen LogP contribution in [0.2, 0.25) is 0 Å². The molecule has 0 saturated carbocycles. The van der Waals surface area contributed by atoms with Gasteiger partial charge < -0.3 is 4.90 Å². The van der Waals surface area contributed by atoms with Crippen molar-refractivity contribution in [2.75, 3.05) is 18.0 Å². The first-order valence-electron chi connectivity index (χ1n) is 5.64. The Morgan fingerprint density at radius 3 is 2.93 bits per heavy atom. The summed E-state index contributed by atoms with van der Waals surface area (Å²) in [5.41, 5.74) is 1.91. The van der Waals surface area contributed by atoms with Gasteiger partial charge in [-0.15, -0.1) is 0 Å². The van der Waals surface area contributed by atoms with Crippen LogP contribution in [0.15, 0.2) is 24.3 Å². The van der Waals surface area contributed by atoms with E-state index in [1.54, 1.807) is 0 Å². The first kappa shape index (κ1) is 10.2. The lowest BCUT2D eigenvalue weighted by molar-refractivity contribution is 0.112. The molecule has 1 aliphatic heterocycles. The molecule has 0 aromatic heterocycles. The van der Waals surface area contributed by atoms with Gasteiger partial charge in [0.2, 0.25) is 0 Å². The van der Waals surface area contributed by atoms with E-state index in [-0.39, 0.29) is 0 Å². The van der Waals surface area contributed by atoms with Gasteiger partial charge in [0.05, 0.1) is 0 Å². The summed E-state index contributed by atoms with van der Waals surface area (Å²) in [5.74, 6) is 0.796. The molecule has 0 radical (unpaired) electrons. The van der Waals surface area contributed by atoms with Gasteiger partial charge in [-0.3, -0.25) is 4.79 Å². The molecule has 0 aliphatic carbocycles. The van der Waals surface area contributed by atoms with E-state index in [1.165, 1.54) is 12.8 Å². The molecule has 1 aromatic carbocycles. The molecule has 0 bridgehead atoms. The average Bonchev–Trinajstić information content (AvgIpc) is 2.77. The predicted molar refractivity (Wildman–Crippen MR) is 62.4 cm³/mol. The van der Waals surface area contributed by atoms with Crippen molar-refractivity contribution in [1.29, 1.82) is 0 Å². The van der Waals surface area contributed by atoms with Gasteiger partial charge in [-0.1, -0.05) is 25.5 Å². The molecular formula is C13H17NO. The van der Waals surface area contributed by atoms with Gasteiger partial charge in [0.25, 0.3) is 0 Å². The fourth-order valence-corrected chi connectivity index (χ4v) is 2.26. The summed E-state index contributed by atoms with van der Waals surface area (Å²) in [4.78, 5) is 13.2. The highest BCUT2D eigenvalue weighted by Gasteiger charge is 2.22. The molecule has 2 rings (SSSR count). The molecule has 0 amide bonds. The fourth-order valence-electron chi connectivity index (χ4n) is 2.26. The van der Waals surface area contributed by atoms with Gasteiger partial charge in [0, 0.05) is 24.3 Å².